The number of carbonyl (C=O) groups excluding carboxylic acids is 1. The van der Waals surface area contributed by atoms with E-state index in [4.69, 9.17) is 0 Å². The van der Waals surface area contributed by atoms with Crippen molar-refractivity contribution >= 4 is 22.7 Å². The van der Waals surface area contributed by atoms with Crippen molar-refractivity contribution < 1.29 is 18.9 Å². The van der Waals surface area contributed by atoms with E-state index in [1.54, 1.807) is 27.0 Å². The number of carboxylic acid groups (broad SMARTS) is 1. The summed E-state index contributed by atoms with van der Waals surface area (Å²) in [6, 6.07) is 0. The van der Waals surface area contributed by atoms with Crippen molar-refractivity contribution in [1.29, 1.82) is 0 Å². The van der Waals surface area contributed by atoms with Gasteiger partial charge in [0, 0.05) is 35.8 Å². The van der Waals surface area contributed by atoms with Gasteiger partial charge in [-0.1, -0.05) is 13.8 Å². The first-order valence-corrected chi connectivity index (χ1v) is 7.73. The van der Waals surface area contributed by atoms with Gasteiger partial charge < -0.3 is 10.4 Å². The van der Waals surface area contributed by atoms with E-state index in [2.05, 4.69) is 5.32 Å². The molecule has 0 aromatic rings. The highest BCUT2D eigenvalue weighted by Gasteiger charge is 2.38. The lowest BCUT2D eigenvalue weighted by Gasteiger charge is -2.28. The fraction of sp³-hybridized carbons (Fsp3) is 0.833. The molecule has 0 saturated heterocycles. The van der Waals surface area contributed by atoms with E-state index in [0.29, 0.717) is 18.7 Å². The van der Waals surface area contributed by atoms with Gasteiger partial charge in [-0.15, -0.1) is 0 Å². The van der Waals surface area contributed by atoms with Crippen LogP contribution in [0.25, 0.3) is 0 Å². The molecule has 1 amide bonds. The highest BCUT2D eigenvalue weighted by Crippen LogP contribution is 2.31. The van der Waals surface area contributed by atoms with Crippen molar-refractivity contribution in [3.05, 3.63) is 0 Å². The highest BCUT2D eigenvalue weighted by atomic mass is 32.2. The molecule has 0 radical (unpaired) electrons. The lowest BCUT2D eigenvalue weighted by molar-refractivity contribution is -0.153. The molecule has 0 aliphatic rings. The average molecular weight is 277 g/mol. The third-order valence-corrected chi connectivity index (χ3v) is 4.08. The molecule has 0 saturated carbocycles. The van der Waals surface area contributed by atoms with Gasteiger partial charge in [-0.3, -0.25) is 13.8 Å². The summed E-state index contributed by atoms with van der Waals surface area (Å²) in [5.41, 5.74) is -1.04. The van der Waals surface area contributed by atoms with E-state index in [-0.39, 0.29) is 18.2 Å². The number of amides is 1. The predicted octanol–water partition coefficient (Wildman–Crippen LogP) is 1.01. The second-order valence-electron chi connectivity index (χ2n) is 5.03. The summed E-state index contributed by atoms with van der Waals surface area (Å²) < 4.78 is 10.8. The molecule has 0 heterocycles. The first-order valence-electron chi connectivity index (χ1n) is 6.00. The molecular weight excluding hydrogens is 254 g/mol. The predicted molar refractivity (Wildman–Crippen MR) is 71.8 cm³/mol. The first-order chi connectivity index (χ1) is 8.20. The summed E-state index contributed by atoms with van der Waals surface area (Å²) in [4.78, 5) is 22.9. The Labute approximate surface area is 111 Å². The molecule has 0 aromatic heterocycles. The molecule has 5 nitrogen and oxygen atoms in total. The fourth-order valence-corrected chi connectivity index (χ4v) is 1.98. The maximum absolute atomic E-state index is 11.7. The maximum atomic E-state index is 11.7. The number of carbonyl (C=O) groups is 2. The quantitative estimate of drug-likeness (QED) is 0.649. The Balaban J connectivity index is 4.20. The molecule has 2 N–H and O–H groups in total. The van der Waals surface area contributed by atoms with E-state index in [1.807, 2.05) is 0 Å². The smallest absolute Gasteiger partial charge is 0.310 e. The topological polar surface area (TPSA) is 83.5 Å². The Morgan fingerprint density at radius 2 is 1.94 bits per heavy atom. The molecule has 106 valence electrons. The molecule has 0 rings (SSSR count). The van der Waals surface area contributed by atoms with Crippen molar-refractivity contribution in [1.82, 2.24) is 5.32 Å². The lowest BCUT2D eigenvalue weighted by Crippen LogP contribution is -2.39. The molecule has 0 spiro atoms. The number of carboxylic acids is 1. The molecular formula is C12H23NO4S. The third kappa shape index (κ3) is 5.62. The number of aliphatic carboxylic acids is 1. The second kappa shape index (κ2) is 7.51. The number of rotatable bonds is 8. The average Bonchev–Trinajstić information content (AvgIpc) is 2.23. The summed E-state index contributed by atoms with van der Waals surface area (Å²) >= 11 is 0. The van der Waals surface area contributed by atoms with Crippen LogP contribution in [0.2, 0.25) is 0 Å². The van der Waals surface area contributed by atoms with Gasteiger partial charge >= 0.3 is 5.97 Å². The van der Waals surface area contributed by atoms with Crippen LogP contribution in [-0.4, -0.2) is 39.7 Å². The van der Waals surface area contributed by atoms with Crippen molar-refractivity contribution in [2.75, 3.05) is 18.6 Å². The largest absolute Gasteiger partial charge is 0.481 e. The monoisotopic (exact) mass is 277 g/mol. The second-order valence-corrected chi connectivity index (χ2v) is 6.59. The van der Waals surface area contributed by atoms with Gasteiger partial charge in [-0.25, -0.2) is 0 Å². The molecule has 0 bridgehead atoms. The molecule has 0 aromatic carbocycles. The van der Waals surface area contributed by atoms with Crippen LogP contribution in [0.15, 0.2) is 0 Å². The molecule has 2 atom stereocenters. The summed E-state index contributed by atoms with van der Waals surface area (Å²) in [6.45, 7) is 5.61. The SMILES string of the molecule is CC(C)C(C)(CC(=O)NCCCS(C)=O)C(=O)O. The van der Waals surface area contributed by atoms with Crippen LogP contribution in [-0.2, 0) is 20.4 Å². The third-order valence-electron chi connectivity index (χ3n) is 3.22. The minimum atomic E-state index is -1.04. The molecule has 0 fully saturated rings. The lowest BCUT2D eigenvalue weighted by atomic mass is 9.76. The highest BCUT2D eigenvalue weighted by molar-refractivity contribution is 7.84. The van der Waals surface area contributed by atoms with Crippen LogP contribution < -0.4 is 5.32 Å². The van der Waals surface area contributed by atoms with Crippen molar-refractivity contribution in [3.63, 3.8) is 0 Å². The van der Waals surface area contributed by atoms with E-state index < -0.39 is 22.2 Å². The number of nitrogens with one attached hydrogen (secondary N) is 1. The van der Waals surface area contributed by atoms with Crippen LogP contribution in [0.5, 0.6) is 0 Å². The summed E-state index contributed by atoms with van der Waals surface area (Å²) in [5, 5.41) is 11.8. The van der Waals surface area contributed by atoms with Crippen LogP contribution in [0, 0.1) is 11.3 Å². The molecule has 0 aliphatic heterocycles. The van der Waals surface area contributed by atoms with Crippen molar-refractivity contribution in [2.45, 2.75) is 33.6 Å². The van der Waals surface area contributed by atoms with Gasteiger partial charge in [0.15, 0.2) is 0 Å². The normalized spacial score (nSPS) is 16.1. The summed E-state index contributed by atoms with van der Waals surface area (Å²) in [6.07, 6.45) is 2.22. The van der Waals surface area contributed by atoms with E-state index in [1.165, 1.54) is 0 Å². The van der Waals surface area contributed by atoms with Gasteiger partial charge in [0.1, 0.15) is 0 Å². The van der Waals surface area contributed by atoms with Gasteiger partial charge in [-0.05, 0) is 19.3 Å². The molecule has 2 unspecified atom stereocenters. The minimum absolute atomic E-state index is 0.0325. The maximum Gasteiger partial charge on any atom is 0.310 e. The van der Waals surface area contributed by atoms with Gasteiger partial charge in [0.2, 0.25) is 5.91 Å². The minimum Gasteiger partial charge on any atom is -0.481 e. The Morgan fingerprint density at radius 3 is 2.33 bits per heavy atom. The molecule has 18 heavy (non-hydrogen) atoms. The zero-order chi connectivity index (χ0) is 14.3. The Morgan fingerprint density at radius 1 is 1.39 bits per heavy atom. The van der Waals surface area contributed by atoms with Gasteiger partial charge in [-0.2, -0.15) is 0 Å². The number of hydrogen-bond acceptors (Lipinski definition) is 3. The van der Waals surface area contributed by atoms with Gasteiger partial charge in [0.05, 0.1) is 5.41 Å². The Hall–Kier alpha value is -0.910. The van der Waals surface area contributed by atoms with Crippen molar-refractivity contribution in [3.8, 4) is 0 Å². The zero-order valence-corrected chi connectivity index (χ0v) is 12.3. The molecule has 0 aliphatic carbocycles. The molecule has 6 heteroatoms. The standard InChI is InChI=1S/C12H23NO4S/c1-9(2)12(3,11(15)16)8-10(14)13-6-5-7-18(4)17/h9H,5-8H2,1-4H3,(H,13,14)(H,15,16). The van der Waals surface area contributed by atoms with E-state index in [0.717, 1.165) is 0 Å². The first kappa shape index (κ1) is 17.1. The Kier molecular flexibility index (Phi) is 7.13. The summed E-state index contributed by atoms with van der Waals surface area (Å²) in [5.74, 6) is -0.803. The van der Waals surface area contributed by atoms with Crippen molar-refractivity contribution in [2.24, 2.45) is 11.3 Å². The van der Waals surface area contributed by atoms with E-state index in [9.17, 15) is 18.9 Å². The fourth-order valence-electron chi connectivity index (χ4n) is 1.43. The van der Waals surface area contributed by atoms with Crippen LogP contribution >= 0.6 is 0 Å². The van der Waals surface area contributed by atoms with Crippen LogP contribution in [0.1, 0.15) is 33.6 Å². The zero-order valence-electron chi connectivity index (χ0n) is 11.5. The van der Waals surface area contributed by atoms with Gasteiger partial charge in [0.25, 0.3) is 0 Å². The van der Waals surface area contributed by atoms with Crippen LogP contribution in [0.3, 0.4) is 0 Å². The van der Waals surface area contributed by atoms with Crippen LogP contribution in [0.4, 0.5) is 0 Å². The number of hydrogen-bond donors (Lipinski definition) is 2. The van der Waals surface area contributed by atoms with E-state index >= 15 is 0 Å². The Bertz CT molecular complexity index is 330. The summed E-state index contributed by atoms with van der Waals surface area (Å²) in [7, 11) is -0.859.